The zero-order valence-corrected chi connectivity index (χ0v) is 39.4. The molecule has 6 N–H and O–H groups in total. The fourth-order valence-corrected chi connectivity index (χ4v) is 8.82. The topological polar surface area (TPSA) is 189 Å². The van der Waals surface area contributed by atoms with E-state index in [0.717, 1.165) is 84.8 Å². The molecule has 15 nitrogen and oxygen atoms in total. The molecule has 364 valence electrons. The highest BCUT2D eigenvalue weighted by Crippen LogP contribution is 2.35. The van der Waals surface area contributed by atoms with E-state index in [2.05, 4.69) is 44.5 Å². The van der Waals surface area contributed by atoms with Crippen LogP contribution in [-0.4, -0.2) is 65.3 Å². The molecule has 0 aliphatic carbocycles. The van der Waals surface area contributed by atoms with Crippen molar-refractivity contribution < 1.29 is 32.6 Å². The number of rotatable bonds is 13. The van der Waals surface area contributed by atoms with E-state index in [-0.39, 0.29) is 35.9 Å². The Kier molecular flexibility index (Phi) is 15.4. The van der Waals surface area contributed by atoms with Gasteiger partial charge in [0, 0.05) is 88.1 Å². The Balaban J connectivity index is 0.000000190. The lowest BCUT2D eigenvalue weighted by molar-refractivity contribution is -0.123. The van der Waals surface area contributed by atoms with Gasteiger partial charge >= 0.3 is 5.69 Å². The summed E-state index contributed by atoms with van der Waals surface area (Å²) in [5.74, 6) is 5.88. The molecule has 0 bridgehead atoms. The molecule has 2 aliphatic heterocycles. The molecule has 9 rings (SSSR count). The number of benzene rings is 6. The third kappa shape index (κ3) is 11.5. The Morgan fingerprint density at radius 1 is 0.671 bits per heavy atom. The number of hydrazine groups is 1. The van der Waals surface area contributed by atoms with Gasteiger partial charge in [-0.2, -0.15) is 5.10 Å². The van der Waals surface area contributed by atoms with Crippen molar-refractivity contribution in [2.45, 2.75) is 59.6 Å². The average Bonchev–Trinajstić information content (AvgIpc) is 3.74. The van der Waals surface area contributed by atoms with E-state index in [9.17, 15) is 28.0 Å². The fourth-order valence-electron chi connectivity index (χ4n) is 8.82. The number of halogens is 2. The summed E-state index contributed by atoms with van der Waals surface area (Å²) in [5, 5.41) is 15.3. The Morgan fingerprint density at radius 2 is 1.13 bits per heavy atom. The molecule has 3 heterocycles. The van der Waals surface area contributed by atoms with Gasteiger partial charge in [0.1, 0.15) is 29.7 Å². The first kappa shape index (κ1) is 48.7. The number of nitrogens with two attached hydrogens (primary N) is 1. The molecule has 0 radical (unpaired) electrons. The van der Waals surface area contributed by atoms with E-state index in [4.69, 9.17) is 15.3 Å². The predicted octanol–water partition coefficient (Wildman–Crippen LogP) is 8.79. The number of carbonyl (C=O) groups excluding carboxylic acids is 3. The summed E-state index contributed by atoms with van der Waals surface area (Å²) < 4.78 is 41.9. The second kappa shape index (κ2) is 22.1. The molecule has 2 aliphatic rings. The molecule has 0 atom stereocenters. The molecule has 3 amide bonds. The van der Waals surface area contributed by atoms with E-state index in [1.165, 1.54) is 28.8 Å². The van der Waals surface area contributed by atoms with Crippen molar-refractivity contribution in [1.82, 2.24) is 20.2 Å². The highest BCUT2D eigenvalue weighted by Gasteiger charge is 2.22. The van der Waals surface area contributed by atoms with Crippen LogP contribution in [0.2, 0.25) is 0 Å². The zero-order chi connectivity index (χ0) is 49.3. The van der Waals surface area contributed by atoms with Gasteiger partial charge in [0.05, 0.1) is 0 Å². The minimum Gasteiger partial charge on any atom is -0.485 e. The second-order valence-corrected chi connectivity index (χ2v) is 17.8. The summed E-state index contributed by atoms with van der Waals surface area (Å²) in [6, 6.07) is 30.8. The van der Waals surface area contributed by atoms with Crippen LogP contribution in [0.5, 0.6) is 11.5 Å². The summed E-state index contributed by atoms with van der Waals surface area (Å²) >= 11 is 0. The number of hydrogen-bond acceptors (Lipinski definition) is 10. The van der Waals surface area contributed by atoms with Crippen molar-refractivity contribution in [1.29, 1.82) is 0 Å². The number of hydrogen-bond donors (Lipinski definition) is 5. The first-order valence-electron chi connectivity index (χ1n) is 23.5. The van der Waals surface area contributed by atoms with Crippen LogP contribution < -0.4 is 46.9 Å². The molecule has 7 aromatic rings. The smallest absolute Gasteiger partial charge is 0.343 e. The number of aromatic nitrogens is 3. The minimum atomic E-state index is -0.457. The molecule has 0 unspecified atom stereocenters. The molecule has 2 fully saturated rings. The van der Waals surface area contributed by atoms with Crippen LogP contribution in [0, 0.1) is 23.5 Å². The zero-order valence-electron chi connectivity index (χ0n) is 39.4. The normalized spacial score (nSPS) is 14.2. The Hall–Kier alpha value is -7.79. The standard InChI is InChI=1S/C28H30FN5O3.C25H27FN4O3/c1-3-34-26(31-32-28(34)36)17-37-25-9-8-24(22-6-4-5-7-23(22)25)30-27(35)19-14-20(29)16-21(15-19)33-12-10-18(2)11-13-33;1-16-8-10-30(11-9-16)19-13-17(12-18(26)14-19)25(32)28-22-6-7-23(33-15-24(31)29-27)21-5-3-2-4-20(21)22/h4-9,14-16,18H,3,10-13,17H2,1-2H3,(H,30,35)(H,32,36);2-7,12-14,16H,8-11,15,27H2,1H3,(H,28,32)(H,29,31). The van der Waals surface area contributed by atoms with Crippen molar-refractivity contribution in [3.05, 3.63) is 148 Å². The van der Waals surface area contributed by atoms with E-state index in [0.29, 0.717) is 47.1 Å². The van der Waals surface area contributed by atoms with Gasteiger partial charge in [-0.25, -0.2) is 24.5 Å². The summed E-state index contributed by atoms with van der Waals surface area (Å²) in [6.45, 7) is 10.1. The quantitative estimate of drug-likeness (QED) is 0.0425. The maximum atomic E-state index is 14.5. The van der Waals surface area contributed by atoms with E-state index < -0.39 is 23.4 Å². The number of anilines is 4. The summed E-state index contributed by atoms with van der Waals surface area (Å²) in [6.07, 6.45) is 4.20. The van der Waals surface area contributed by atoms with Gasteiger partial charge in [-0.3, -0.25) is 24.4 Å². The van der Waals surface area contributed by atoms with Crippen LogP contribution in [0.3, 0.4) is 0 Å². The molecule has 6 aromatic carbocycles. The lowest BCUT2D eigenvalue weighted by atomic mass is 9.98. The molecule has 2 saturated heterocycles. The molecular formula is C53H57F2N9O6. The molecule has 70 heavy (non-hydrogen) atoms. The number of aromatic amines is 1. The molecular weight excluding hydrogens is 897 g/mol. The minimum absolute atomic E-state index is 0.115. The SMILES string of the molecule is CC1CCN(c2cc(F)cc(C(=O)Nc3ccc(OCC(=O)NN)c4ccccc34)c2)CC1.CCn1c(COc2ccc(NC(=O)c3cc(F)cc(N4CCC(C)CC4)c3)c3ccccc23)n[nH]c1=O. The number of amides is 3. The van der Waals surface area contributed by atoms with Gasteiger partial charge in [0.2, 0.25) is 0 Å². The highest BCUT2D eigenvalue weighted by atomic mass is 19.1. The van der Waals surface area contributed by atoms with Crippen molar-refractivity contribution in [2.75, 3.05) is 53.2 Å². The second-order valence-electron chi connectivity index (χ2n) is 17.8. The number of H-pyrrole nitrogens is 1. The summed E-state index contributed by atoms with van der Waals surface area (Å²) in [5.41, 5.74) is 4.87. The van der Waals surface area contributed by atoms with Gasteiger partial charge in [0.25, 0.3) is 17.7 Å². The third-order valence-electron chi connectivity index (χ3n) is 12.9. The highest BCUT2D eigenvalue weighted by molar-refractivity contribution is 6.11. The van der Waals surface area contributed by atoms with Gasteiger partial charge in [-0.05, 0) is 105 Å². The largest absolute Gasteiger partial charge is 0.485 e. The molecule has 0 spiro atoms. The maximum absolute atomic E-state index is 14.5. The van der Waals surface area contributed by atoms with Crippen molar-refractivity contribution in [2.24, 2.45) is 17.7 Å². The Bertz CT molecular complexity index is 3070. The third-order valence-corrected chi connectivity index (χ3v) is 12.9. The number of piperidine rings is 2. The first-order valence-corrected chi connectivity index (χ1v) is 23.5. The molecule has 0 saturated carbocycles. The number of nitrogens with one attached hydrogen (secondary N) is 4. The predicted molar refractivity (Wildman–Crippen MR) is 269 cm³/mol. The van der Waals surface area contributed by atoms with E-state index in [1.807, 2.05) is 60.9 Å². The number of fused-ring (bicyclic) bond motifs is 2. The summed E-state index contributed by atoms with van der Waals surface area (Å²) in [7, 11) is 0. The van der Waals surface area contributed by atoms with Gasteiger partial charge < -0.3 is 29.9 Å². The molecule has 1 aromatic heterocycles. The number of carbonyl (C=O) groups is 3. The van der Waals surface area contributed by atoms with Crippen molar-refractivity contribution >= 4 is 62.0 Å². The average molecular weight is 954 g/mol. The summed E-state index contributed by atoms with van der Waals surface area (Å²) in [4.78, 5) is 53.7. The van der Waals surface area contributed by atoms with Crippen molar-refractivity contribution in [3.63, 3.8) is 0 Å². The lowest BCUT2D eigenvalue weighted by Gasteiger charge is -2.32. The van der Waals surface area contributed by atoms with Crippen LogP contribution in [0.1, 0.15) is 73.0 Å². The monoisotopic (exact) mass is 953 g/mol. The van der Waals surface area contributed by atoms with Crippen LogP contribution in [0.25, 0.3) is 21.5 Å². The lowest BCUT2D eigenvalue weighted by Crippen LogP contribution is -2.34. The van der Waals surface area contributed by atoms with Crippen LogP contribution >= 0.6 is 0 Å². The van der Waals surface area contributed by atoms with Crippen molar-refractivity contribution in [3.8, 4) is 11.5 Å². The van der Waals surface area contributed by atoms with Crippen LogP contribution in [0.4, 0.5) is 31.5 Å². The fraction of sp³-hybridized carbons (Fsp3) is 0.302. The van der Waals surface area contributed by atoms with Gasteiger partial charge in [0.15, 0.2) is 12.4 Å². The first-order chi connectivity index (χ1) is 33.9. The Morgan fingerprint density at radius 3 is 1.59 bits per heavy atom. The van der Waals surface area contributed by atoms with E-state index >= 15 is 0 Å². The van der Waals surface area contributed by atoms with Crippen LogP contribution in [0.15, 0.2) is 114 Å². The van der Waals surface area contributed by atoms with Gasteiger partial charge in [-0.15, -0.1) is 0 Å². The maximum Gasteiger partial charge on any atom is 0.343 e. The number of nitrogens with zero attached hydrogens (tertiary/aromatic N) is 4. The van der Waals surface area contributed by atoms with E-state index in [1.54, 1.807) is 36.4 Å². The van der Waals surface area contributed by atoms with Crippen LogP contribution in [-0.2, 0) is 17.9 Å². The Labute approximate surface area is 403 Å². The number of ether oxygens (including phenoxy) is 2. The van der Waals surface area contributed by atoms with Gasteiger partial charge in [-0.1, -0.05) is 62.4 Å². The molecule has 17 heteroatoms.